The molecule has 2 aromatic rings. The lowest BCUT2D eigenvalue weighted by Gasteiger charge is -2.35. The zero-order valence-corrected chi connectivity index (χ0v) is 28.8. The van der Waals surface area contributed by atoms with Crippen LogP contribution in [0.25, 0.3) is 0 Å². The van der Waals surface area contributed by atoms with E-state index >= 15 is 0 Å². The highest BCUT2D eigenvalue weighted by atomic mass is 32.2. The monoisotopic (exact) mass is 705 g/mol. The predicted octanol–water partition coefficient (Wildman–Crippen LogP) is 1.35. The van der Waals surface area contributed by atoms with Gasteiger partial charge in [0.05, 0.1) is 49.8 Å². The first-order valence-electron chi connectivity index (χ1n) is 16.1. The molecule has 0 aromatic heterocycles. The number of aliphatic hydroxyl groups excluding tert-OH is 1. The maximum absolute atomic E-state index is 14.1. The average Bonchev–Trinajstić information content (AvgIpc) is 3.68. The lowest BCUT2D eigenvalue weighted by atomic mass is 9.89. The second kappa shape index (κ2) is 17.1. The number of rotatable bonds is 17. The Kier molecular flexibility index (Phi) is 13.2. The second-order valence-corrected chi connectivity index (χ2v) is 14.9. The smallest absolute Gasteiger partial charge is 0.407 e. The van der Waals surface area contributed by atoms with Crippen LogP contribution in [0.3, 0.4) is 0 Å². The molecule has 2 saturated heterocycles. The molecule has 4 amide bonds. The van der Waals surface area contributed by atoms with E-state index in [1.165, 1.54) is 35.7 Å². The van der Waals surface area contributed by atoms with E-state index in [0.717, 1.165) is 5.56 Å². The van der Waals surface area contributed by atoms with Gasteiger partial charge in [0.1, 0.15) is 11.9 Å². The third-order valence-corrected chi connectivity index (χ3v) is 10.3. The van der Waals surface area contributed by atoms with Crippen molar-refractivity contribution in [3.05, 3.63) is 60.2 Å². The van der Waals surface area contributed by atoms with E-state index in [4.69, 9.17) is 24.7 Å². The number of methoxy groups -OCH3 is 1. The summed E-state index contributed by atoms with van der Waals surface area (Å²) < 4.78 is 51.5. The van der Waals surface area contributed by atoms with Crippen LogP contribution in [-0.4, -0.2) is 107 Å². The van der Waals surface area contributed by atoms with E-state index in [1.54, 1.807) is 0 Å². The van der Waals surface area contributed by atoms with Crippen molar-refractivity contribution in [2.24, 2.45) is 17.1 Å². The SMILES string of the molecule is COc1ccc(S(=O)(=O)N(C[C@@H](O)[C@H](Cc2ccccc2)NC(=O)O[C@H]2CO[C@H]3OCC[C@H]32)CC(C)(C)CCNC(=O)NCC(N)=O)cc1. The molecule has 49 heavy (non-hydrogen) atoms. The Balaban J connectivity index is 1.53. The Bertz CT molecular complexity index is 1510. The molecular weight excluding hydrogens is 658 g/mol. The average molecular weight is 706 g/mol. The minimum atomic E-state index is -4.18. The number of nitrogens with one attached hydrogen (secondary N) is 3. The second-order valence-electron chi connectivity index (χ2n) is 12.9. The van der Waals surface area contributed by atoms with Crippen molar-refractivity contribution in [1.82, 2.24) is 20.3 Å². The van der Waals surface area contributed by atoms with Gasteiger partial charge in [0.2, 0.25) is 15.9 Å². The number of carbonyl (C=O) groups excluding carboxylic acids is 3. The van der Waals surface area contributed by atoms with Gasteiger partial charge in [-0.25, -0.2) is 18.0 Å². The topological polar surface area (TPSA) is 208 Å². The number of alkyl carbamates (subject to hydrolysis) is 1. The highest BCUT2D eigenvalue weighted by Gasteiger charge is 2.44. The number of nitrogens with two attached hydrogens (primary N) is 1. The largest absolute Gasteiger partial charge is 0.497 e. The summed E-state index contributed by atoms with van der Waals surface area (Å²) in [6.07, 6.45) is -1.82. The van der Waals surface area contributed by atoms with Gasteiger partial charge in [-0.05, 0) is 54.5 Å². The van der Waals surface area contributed by atoms with Crippen LogP contribution < -0.4 is 26.4 Å². The van der Waals surface area contributed by atoms with Gasteiger partial charge in [-0.1, -0.05) is 44.2 Å². The first-order chi connectivity index (χ1) is 23.3. The van der Waals surface area contributed by atoms with Gasteiger partial charge < -0.3 is 45.7 Å². The number of nitrogens with zero attached hydrogens (tertiary/aromatic N) is 1. The molecule has 0 saturated carbocycles. The Hall–Kier alpha value is -3.96. The van der Waals surface area contributed by atoms with Crippen molar-refractivity contribution < 1.29 is 46.9 Å². The molecule has 0 spiro atoms. The summed E-state index contributed by atoms with van der Waals surface area (Å²) in [7, 11) is -2.71. The van der Waals surface area contributed by atoms with E-state index < -0.39 is 58.0 Å². The van der Waals surface area contributed by atoms with Crippen molar-refractivity contribution in [3.8, 4) is 5.75 Å². The van der Waals surface area contributed by atoms with Crippen LogP contribution in [0.4, 0.5) is 9.59 Å². The van der Waals surface area contributed by atoms with Crippen LogP contribution in [0.1, 0.15) is 32.3 Å². The number of primary amides is 1. The molecule has 2 aromatic carbocycles. The lowest BCUT2D eigenvalue weighted by Crippen LogP contribution is -2.52. The number of fused-ring (bicyclic) bond motifs is 1. The van der Waals surface area contributed by atoms with Crippen LogP contribution in [0, 0.1) is 11.3 Å². The number of urea groups is 1. The van der Waals surface area contributed by atoms with Gasteiger partial charge in [-0.15, -0.1) is 0 Å². The fourth-order valence-electron chi connectivity index (χ4n) is 5.80. The third-order valence-electron chi connectivity index (χ3n) is 8.51. The Morgan fingerprint density at radius 1 is 1.08 bits per heavy atom. The van der Waals surface area contributed by atoms with Crippen LogP contribution in [0.15, 0.2) is 59.5 Å². The standard InChI is InChI=1S/C33H47N5O10S/c1-33(2,14-15-35-31(41)36-18-29(34)40)21-38(49(43,44)24-11-9-23(45-3)10-12-24)19-27(39)26(17-22-7-5-4-6-8-22)37-32(42)48-28-20-47-30-25(28)13-16-46-30/h4-12,25-28,30,39H,13-21H2,1-3H3,(H2,34,40)(H,37,42)(H2,35,36,41)/t25-,26-,27+,28-,30+/m0/s1. The van der Waals surface area contributed by atoms with Crippen LogP contribution in [0.2, 0.25) is 0 Å². The quantitative estimate of drug-likeness (QED) is 0.160. The number of ether oxygens (including phenoxy) is 4. The molecule has 2 heterocycles. The van der Waals surface area contributed by atoms with E-state index in [0.29, 0.717) is 25.2 Å². The molecule has 15 nitrogen and oxygen atoms in total. The summed E-state index contributed by atoms with van der Waals surface area (Å²) in [5.74, 6) is -0.300. The van der Waals surface area contributed by atoms with Crippen molar-refractivity contribution >= 4 is 28.1 Å². The zero-order chi connectivity index (χ0) is 35.6. The molecular formula is C33H47N5O10S. The van der Waals surface area contributed by atoms with Crippen molar-refractivity contribution in [2.75, 3.05) is 46.5 Å². The number of amides is 4. The maximum Gasteiger partial charge on any atom is 0.407 e. The Morgan fingerprint density at radius 2 is 1.80 bits per heavy atom. The molecule has 6 N–H and O–H groups in total. The summed E-state index contributed by atoms with van der Waals surface area (Å²) in [4.78, 5) is 36.2. The first kappa shape index (κ1) is 37.9. The molecule has 5 atom stereocenters. The van der Waals surface area contributed by atoms with Crippen molar-refractivity contribution in [3.63, 3.8) is 0 Å². The highest BCUT2D eigenvalue weighted by Crippen LogP contribution is 2.33. The molecule has 16 heteroatoms. The maximum atomic E-state index is 14.1. The number of benzene rings is 2. The minimum absolute atomic E-state index is 0.0122. The summed E-state index contributed by atoms with van der Waals surface area (Å²) in [6, 6.07) is 13.6. The number of aliphatic hydroxyl groups is 1. The minimum Gasteiger partial charge on any atom is -0.497 e. The van der Waals surface area contributed by atoms with Crippen molar-refractivity contribution in [1.29, 1.82) is 0 Å². The molecule has 2 fully saturated rings. The molecule has 0 aliphatic carbocycles. The van der Waals surface area contributed by atoms with Gasteiger partial charge in [0, 0.05) is 19.6 Å². The molecule has 0 unspecified atom stereocenters. The molecule has 2 aliphatic rings. The van der Waals surface area contributed by atoms with E-state index in [2.05, 4.69) is 16.0 Å². The van der Waals surface area contributed by atoms with E-state index in [-0.39, 0.29) is 50.0 Å². The van der Waals surface area contributed by atoms with Gasteiger partial charge >= 0.3 is 12.1 Å². The molecule has 0 radical (unpaired) electrons. The van der Waals surface area contributed by atoms with Crippen LogP contribution in [0.5, 0.6) is 5.75 Å². The van der Waals surface area contributed by atoms with Crippen LogP contribution in [-0.2, 0) is 35.4 Å². The van der Waals surface area contributed by atoms with Crippen LogP contribution >= 0.6 is 0 Å². The number of carbonyl (C=O) groups is 3. The summed E-state index contributed by atoms with van der Waals surface area (Å²) in [5.41, 5.74) is 5.18. The predicted molar refractivity (Wildman–Crippen MR) is 178 cm³/mol. The first-order valence-corrected chi connectivity index (χ1v) is 17.6. The number of hydrogen-bond acceptors (Lipinski definition) is 10. The van der Waals surface area contributed by atoms with Gasteiger partial charge in [0.15, 0.2) is 6.29 Å². The fourth-order valence-corrected chi connectivity index (χ4v) is 7.45. The molecule has 2 aliphatic heterocycles. The summed E-state index contributed by atoms with van der Waals surface area (Å²) >= 11 is 0. The van der Waals surface area contributed by atoms with Crippen molar-refractivity contribution in [2.45, 2.75) is 62.5 Å². The third kappa shape index (κ3) is 11.0. The number of sulfonamides is 1. The van der Waals surface area contributed by atoms with E-state index in [9.17, 15) is 27.9 Å². The normalized spacial score (nSPS) is 20.2. The molecule has 0 bridgehead atoms. The van der Waals surface area contributed by atoms with E-state index in [1.807, 2.05) is 44.2 Å². The van der Waals surface area contributed by atoms with Gasteiger partial charge in [-0.3, -0.25) is 4.79 Å². The number of hydrogen-bond donors (Lipinski definition) is 5. The zero-order valence-electron chi connectivity index (χ0n) is 28.0. The lowest BCUT2D eigenvalue weighted by molar-refractivity contribution is -0.117. The highest BCUT2D eigenvalue weighted by molar-refractivity contribution is 7.89. The van der Waals surface area contributed by atoms with Gasteiger partial charge in [-0.2, -0.15) is 4.31 Å². The summed E-state index contributed by atoms with van der Waals surface area (Å²) in [5, 5.41) is 19.5. The summed E-state index contributed by atoms with van der Waals surface area (Å²) in [6.45, 7) is 3.80. The molecule has 4 rings (SSSR count). The Labute approximate surface area is 286 Å². The fraction of sp³-hybridized carbons (Fsp3) is 0.545. The Morgan fingerprint density at radius 3 is 2.47 bits per heavy atom. The van der Waals surface area contributed by atoms with Gasteiger partial charge in [0.25, 0.3) is 0 Å². The molecule has 270 valence electrons.